The topological polar surface area (TPSA) is 76.8 Å². The van der Waals surface area contributed by atoms with Crippen LogP contribution in [0, 0.1) is 0 Å². The molecule has 0 bridgehead atoms. The molecular formula is C10H12N4O. The van der Waals surface area contributed by atoms with Gasteiger partial charge in [0.2, 0.25) is 5.95 Å². The van der Waals surface area contributed by atoms with Crippen LogP contribution in [0.3, 0.4) is 0 Å². The second kappa shape index (κ2) is 4.00. The van der Waals surface area contributed by atoms with Crippen LogP contribution in [-0.2, 0) is 0 Å². The number of nitrogens with zero attached hydrogens (tertiary/aromatic N) is 2. The molecule has 78 valence electrons. The fourth-order valence-corrected chi connectivity index (χ4v) is 1.28. The Kier molecular flexibility index (Phi) is 2.53. The molecular weight excluding hydrogens is 192 g/mol. The highest BCUT2D eigenvalue weighted by Crippen LogP contribution is 2.19. The first-order chi connectivity index (χ1) is 7.29. The summed E-state index contributed by atoms with van der Waals surface area (Å²) in [6, 6.07) is 7.59. The summed E-state index contributed by atoms with van der Waals surface area (Å²) in [7, 11) is 0. The van der Waals surface area contributed by atoms with Gasteiger partial charge in [0.15, 0.2) is 5.82 Å². The van der Waals surface area contributed by atoms with Crippen molar-refractivity contribution >= 4 is 5.95 Å². The molecule has 0 aliphatic rings. The zero-order valence-electron chi connectivity index (χ0n) is 8.40. The lowest BCUT2D eigenvalue weighted by Crippen LogP contribution is -1.91. The van der Waals surface area contributed by atoms with E-state index in [9.17, 15) is 0 Å². The Morgan fingerprint density at radius 3 is 2.60 bits per heavy atom. The molecule has 0 aliphatic heterocycles. The predicted molar refractivity (Wildman–Crippen MR) is 57.4 cm³/mol. The summed E-state index contributed by atoms with van der Waals surface area (Å²) in [5.41, 5.74) is 6.35. The first-order valence-electron chi connectivity index (χ1n) is 4.70. The summed E-state index contributed by atoms with van der Waals surface area (Å²) in [6.45, 7) is 2.61. The van der Waals surface area contributed by atoms with Crippen molar-refractivity contribution in [1.82, 2.24) is 15.2 Å². The molecule has 5 heteroatoms. The van der Waals surface area contributed by atoms with Crippen LogP contribution in [0.4, 0.5) is 5.95 Å². The summed E-state index contributed by atoms with van der Waals surface area (Å²) in [5.74, 6) is 1.75. The Labute approximate surface area is 87.3 Å². The third kappa shape index (κ3) is 2.07. The van der Waals surface area contributed by atoms with Crippen molar-refractivity contribution in [2.24, 2.45) is 0 Å². The van der Waals surface area contributed by atoms with Crippen molar-refractivity contribution in [2.75, 3.05) is 12.3 Å². The smallest absolute Gasteiger partial charge is 0.239 e. The number of hydrogen-bond acceptors (Lipinski definition) is 4. The van der Waals surface area contributed by atoms with Crippen molar-refractivity contribution in [2.45, 2.75) is 6.92 Å². The largest absolute Gasteiger partial charge is 0.494 e. The minimum absolute atomic E-state index is 0.249. The van der Waals surface area contributed by atoms with Gasteiger partial charge in [-0.2, -0.15) is 4.98 Å². The summed E-state index contributed by atoms with van der Waals surface area (Å²) >= 11 is 0. The number of hydrogen-bond donors (Lipinski definition) is 2. The molecule has 1 heterocycles. The zero-order valence-corrected chi connectivity index (χ0v) is 8.40. The van der Waals surface area contributed by atoms with Gasteiger partial charge in [-0.05, 0) is 31.2 Å². The third-order valence-corrected chi connectivity index (χ3v) is 1.94. The summed E-state index contributed by atoms with van der Waals surface area (Å²) < 4.78 is 5.33. The number of H-pyrrole nitrogens is 1. The van der Waals surface area contributed by atoms with Crippen LogP contribution in [0.2, 0.25) is 0 Å². The van der Waals surface area contributed by atoms with Crippen molar-refractivity contribution in [3.05, 3.63) is 24.3 Å². The van der Waals surface area contributed by atoms with E-state index in [1.807, 2.05) is 31.2 Å². The quantitative estimate of drug-likeness (QED) is 0.793. The number of ether oxygens (including phenoxy) is 1. The van der Waals surface area contributed by atoms with Gasteiger partial charge in [-0.3, -0.25) is 5.10 Å². The molecule has 0 saturated heterocycles. The molecule has 0 saturated carbocycles. The Morgan fingerprint density at radius 1 is 1.33 bits per heavy atom. The first kappa shape index (κ1) is 9.51. The van der Waals surface area contributed by atoms with Gasteiger partial charge in [0.05, 0.1) is 6.61 Å². The van der Waals surface area contributed by atoms with Gasteiger partial charge >= 0.3 is 0 Å². The molecule has 5 nitrogen and oxygen atoms in total. The van der Waals surface area contributed by atoms with Crippen molar-refractivity contribution in [3.8, 4) is 17.1 Å². The standard InChI is InChI=1S/C10H12N4O/c1-2-15-8-5-3-7(4-6-8)9-12-10(11)14-13-9/h3-6H,2H2,1H3,(H3,11,12,13,14). The van der Waals surface area contributed by atoms with E-state index in [2.05, 4.69) is 15.2 Å². The van der Waals surface area contributed by atoms with Gasteiger partial charge in [0.1, 0.15) is 5.75 Å². The average molecular weight is 204 g/mol. The Morgan fingerprint density at radius 2 is 2.07 bits per heavy atom. The predicted octanol–water partition coefficient (Wildman–Crippen LogP) is 1.45. The van der Waals surface area contributed by atoms with E-state index in [0.717, 1.165) is 11.3 Å². The number of aromatic nitrogens is 3. The van der Waals surface area contributed by atoms with Crippen molar-refractivity contribution in [1.29, 1.82) is 0 Å². The second-order valence-electron chi connectivity index (χ2n) is 3.00. The van der Waals surface area contributed by atoms with Gasteiger partial charge in [-0.25, -0.2) is 0 Å². The molecule has 2 rings (SSSR count). The lowest BCUT2D eigenvalue weighted by atomic mass is 10.2. The highest BCUT2D eigenvalue weighted by Gasteiger charge is 2.02. The zero-order chi connectivity index (χ0) is 10.7. The number of anilines is 1. The molecule has 3 N–H and O–H groups in total. The van der Waals surface area contributed by atoms with Gasteiger partial charge in [-0.1, -0.05) is 0 Å². The molecule has 1 aromatic heterocycles. The van der Waals surface area contributed by atoms with E-state index in [1.165, 1.54) is 0 Å². The van der Waals surface area contributed by atoms with Gasteiger partial charge in [0.25, 0.3) is 0 Å². The van der Waals surface area contributed by atoms with E-state index >= 15 is 0 Å². The lowest BCUT2D eigenvalue weighted by molar-refractivity contribution is 0.340. The Hall–Kier alpha value is -2.04. The summed E-state index contributed by atoms with van der Waals surface area (Å²) in [5, 5.41) is 6.51. The molecule has 0 aliphatic carbocycles. The minimum Gasteiger partial charge on any atom is -0.494 e. The van der Waals surface area contributed by atoms with Crippen molar-refractivity contribution < 1.29 is 4.74 Å². The normalized spacial score (nSPS) is 10.2. The molecule has 0 atom stereocenters. The number of rotatable bonds is 3. The maximum Gasteiger partial charge on any atom is 0.239 e. The van der Waals surface area contributed by atoms with E-state index in [-0.39, 0.29) is 5.95 Å². The minimum atomic E-state index is 0.249. The SMILES string of the molecule is CCOc1ccc(-c2nc(N)n[nH]2)cc1. The summed E-state index contributed by atoms with van der Waals surface area (Å²) in [4.78, 5) is 4.03. The fourth-order valence-electron chi connectivity index (χ4n) is 1.28. The van der Waals surface area contributed by atoms with E-state index in [4.69, 9.17) is 10.5 Å². The third-order valence-electron chi connectivity index (χ3n) is 1.94. The molecule has 1 aromatic carbocycles. The van der Waals surface area contributed by atoms with Crippen molar-refractivity contribution in [3.63, 3.8) is 0 Å². The number of benzene rings is 1. The Bertz CT molecular complexity index is 435. The van der Waals surface area contributed by atoms with Crippen LogP contribution in [0.5, 0.6) is 5.75 Å². The molecule has 2 aromatic rings. The molecule has 0 fully saturated rings. The molecule has 0 unspecified atom stereocenters. The average Bonchev–Trinajstić information content (AvgIpc) is 2.67. The van der Waals surface area contributed by atoms with Crippen LogP contribution in [-0.4, -0.2) is 21.8 Å². The second-order valence-corrected chi connectivity index (χ2v) is 3.00. The van der Waals surface area contributed by atoms with Crippen LogP contribution in [0.15, 0.2) is 24.3 Å². The molecule has 0 amide bonds. The maximum atomic E-state index is 5.42. The molecule has 15 heavy (non-hydrogen) atoms. The van der Waals surface area contributed by atoms with Crippen LogP contribution in [0.25, 0.3) is 11.4 Å². The van der Waals surface area contributed by atoms with E-state index in [1.54, 1.807) is 0 Å². The maximum absolute atomic E-state index is 5.42. The van der Waals surface area contributed by atoms with Crippen LogP contribution >= 0.6 is 0 Å². The van der Waals surface area contributed by atoms with E-state index < -0.39 is 0 Å². The fraction of sp³-hybridized carbons (Fsp3) is 0.200. The Balaban J connectivity index is 2.23. The number of nitrogen functional groups attached to an aromatic ring is 1. The summed E-state index contributed by atoms with van der Waals surface area (Å²) in [6.07, 6.45) is 0. The van der Waals surface area contributed by atoms with E-state index in [0.29, 0.717) is 12.4 Å². The monoisotopic (exact) mass is 204 g/mol. The highest BCUT2D eigenvalue weighted by atomic mass is 16.5. The molecule has 0 spiro atoms. The van der Waals surface area contributed by atoms with Crippen LogP contribution < -0.4 is 10.5 Å². The van der Waals surface area contributed by atoms with Gasteiger partial charge in [-0.15, -0.1) is 5.10 Å². The number of nitrogens with one attached hydrogen (secondary N) is 1. The first-order valence-corrected chi connectivity index (χ1v) is 4.70. The van der Waals surface area contributed by atoms with Gasteiger partial charge < -0.3 is 10.5 Å². The van der Waals surface area contributed by atoms with Gasteiger partial charge in [0, 0.05) is 5.56 Å². The van der Waals surface area contributed by atoms with Crippen LogP contribution in [0.1, 0.15) is 6.92 Å². The highest BCUT2D eigenvalue weighted by molar-refractivity contribution is 5.56. The lowest BCUT2D eigenvalue weighted by Gasteiger charge is -2.02. The number of nitrogens with two attached hydrogens (primary N) is 1. The molecule has 0 radical (unpaired) electrons. The number of aromatic amines is 1.